The van der Waals surface area contributed by atoms with Crippen LogP contribution in [0.25, 0.3) is 0 Å². The first-order chi connectivity index (χ1) is 7.61. The number of hydrogen-bond donors (Lipinski definition) is 2. The lowest BCUT2D eigenvalue weighted by molar-refractivity contribution is -0.123. The van der Waals surface area contributed by atoms with E-state index in [4.69, 9.17) is 0 Å². The van der Waals surface area contributed by atoms with Gasteiger partial charge in [0.25, 0.3) is 0 Å². The van der Waals surface area contributed by atoms with Crippen molar-refractivity contribution in [2.75, 3.05) is 26.2 Å². The molecule has 0 atom stereocenters. The molecule has 1 aliphatic heterocycles. The van der Waals surface area contributed by atoms with E-state index in [1.54, 1.807) is 0 Å². The third kappa shape index (κ3) is 4.94. The lowest BCUT2D eigenvalue weighted by Crippen LogP contribution is -2.46. The number of piperidine rings is 1. The van der Waals surface area contributed by atoms with Crippen molar-refractivity contribution in [3.8, 4) is 0 Å². The van der Waals surface area contributed by atoms with Gasteiger partial charge in [-0.1, -0.05) is 6.92 Å². The average Bonchev–Trinajstić information content (AvgIpc) is 2.20. The molecule has 1 rings (SSSR count). The van der Waals surface area contributed by atoms with Gasteiger partial charge in [-0.2, -0.15) is 0 Å². The SMILES string of the molecule is CCNC1CCN(CC(=O)NC(C)C)CC1. The second kappa shape index (κ2) is 6.86. The summed E-state index contributed by atoms with van der Waals surface area (Å²) in [4.78, 5) is 13.8. The second-order valence-electron chi connectivity index (χ2n) is 4.83. The molecule has 1 heterocycles. The van der Waals surface area contributed by atoms with E-state index < -0.39 is 0 Å². The Morgan fingerprint density at radius 2 is 2.00 bits per heavy atom. The molecule has 0 bridgehead atoms. The van der Waals surface area contributed by atoms with Crippen LogP contribution in [0.3, 0.4) is 0 Å². The van der Waals surface area contributed by atoms with Crippen molar-refractivity contribution in [1.29, 1.82) is 0 Å². The van der Waals surface area contributed by atoms with E-state index >= 15 is 0 Å². The number of carbonyl (C=O) groups is 1. The third-order valence-corrected chi connectivity index (χ3v) is 2.90. The monoisotopic (exact) mass is 227 g/mol. The molecule has 0 unspecified atom stereocenters. The summed E-state index contributed by atoms with van der Waals surface area (Å²) in [7, 11) is 0. The van der Waals surface area contributed by atoms with Crippen molar-refractivity contribution in [3.63, 3.8) is 0 Å². The Labute approximate surface area is 98.8 Å². The molecule has 0 aliphatic carbocycles. The average molecular weight is 227 g/mol. The van der Waals surface area contributed by atoms with Crippen LogP contribution in [0.2, 0.25) is 0 Å². The van der Waals surface area contributed by atoms with Gasteiger partial charge in [0.05, 0.1) is 6.54 Å². The zero-order valence-electron chi connectivity index (χ0n) is 10.8. The number of carbonyl (C=O) groups excluding carboxylic acids is 1. The minimum absolute atomic E-state index is 0.150. The number of nitrogens with one attached hydrogen (secondary N) is 2. The molecule has 0 radical (unpaired) electrons. The molecule has 0 spiro atoms. The summed E-state index contributed by atoms with van der Waals surface area (Å²) in [5, 5.41) is 6.39. The van der Waals surface area contributed by atoms with Crippen LogP contribution in [0.5, 0.6) is 0 Å². The van der Waals surface area contributed by atoms with E-state index in [1.807, 2.05) is 13.8 Å². The maximum Gasteiger partial charge on any atom is 0.234 e. The lowest BCUT2D eigenvalue weighted by atomic mass is 10.1. The molecule has 0 aromatic heterocycles. The third-order valence-electron chi connectivity index (χ3n) is 2.90. The molecule has 16 heavy (non-hydrogen) atoms. The van der Waals surface area contributed by atoms with Crippen LogP contribution < -0.4 is 10.6 Å². The largest absolute Gasteiger partial charge is 0.353 e. The molecular formula is C12H25N3O. The van der Waals surface area contributed by atoms with Gasteiger partial charge in [0.15, 0.2) is 0 Å². The van der Waals surface area contributed by atoms with Crippen molar-refractivity contribution >= 4 is 5.91 Å². The van der Waals surface area contributed by atoms with Gasteiger partial charge in [-0.05, 0) is 33.2 Å². The van der Waals surface area contributed by atoms with E-state index in [-0.39, 0.29) is 11.9 Å². The van der Waals surface area contributed by atoms with Crippen molar-refractivity contribution < 1.29 is 4.79 Å². The summed E-state index contributed by atoms with van der Waals surface area (Å²) < 4.78 is 0. The van der Waals surface area contributed by atoms with Crippen LogP contribution in [0.15, 0.2) is 0 Å². The van der Waals surface area contributed by atoms with Crippen LogP contribution >= 0.6 is 0 Å². The van der Waals surface area contributed by atoms with Gasteiger partial charge in [0, 0.05) is 25.2 Å². The summed E-state index contributed by atoms with van der Waals surface area (Å²) >= 11 is 0. The van der Waals surface area contributed by atoms with Crippen molar-refractivity contribution in [1.82, 2.24) is 15.5 Å². The molecule has 0 aromatic rings. The molecule has 1 aliphatic rings. The topological polar surface area (TPSA) is 44.4 Å². The van der Waals surface area contributed by atoms with Gasteiger partial charge in [-0.3, -0.25) is 9.69 Å². The van der Waals surface area contributed by atoms with E-state index in [2.05, 4.69) is 22.5 Å². The highest BCUT2D eigenvalue weighted by Gasteiger charge is 2.19. The Hall–Kier alpha value is -0.610. The zero-order chi connectivity index (χ0) is 12.0. The first kappa shape index (κ1) is 13.5. The first-order valence-corrected chi connectivity index (χ1v) is 6.37. The van der Waals surface area contributed by atoms with E-state index in [0.29, 0.717) is 12.6 Å². The molecule has 1 amide bonds. The highest BCUT2D eigenvalue weighted by molar-refractivity contribution is 5.78. The standard InChI is InChI=1S/C12H25N3O/c1-4-13-11-5-7-15(8-6-11)9-12(16)14-10(2)3/h10-11,13H,4-9H2,1-3H3,(H,14,16). The van der Waals surface area contributed by atoms with Crippen LogP contribution in [-0.2, 0) is 4.79 Å². The van der Waals surface area contributed by atoms with Crippen LogP contribution in [0.1, 0.15) is 33.6 Å². The molecule has 2 N–H and O–H groups in total. The van der Waals surface area contributed by atoms with E-state index in [9.17, 15) is 4.79 Å². The summed E-state index contributed by atoms with van der Waals surface area (Å²) in [6.07, 6.45) is 2.31. The van der Waals surface area contributed by atoms with Crippen LogP contribution in [-0.4, -0.2) is 49.1 Å². The maximum atomic E-state index is 11.6. The fourth-order valence-corrected chi connectivity index (χ4v) is 2.15. The van der Waals surface area contributed by atoms with Gasteiger partial charge in [0.2, 0.25) is 5.91 Å². The Balaban J connectivity index is 2.19. The Morgan fingerprint density at radius 3 is 2.50 bits per heavy atom. The van der Waals surface area contributed by atoms with Crippen molar-refractivity contribution in [2.24, 2.45) is 0 Å². The van der Waals surface area contributed by atoms with Crippen LogP contribution in [0.4, 0.5) is 0 Å². The second-order valence-corrected chi connectivity index (χ2v) is 4.83. The number of likely N-dealkylation sites (tertiary alicyclic amines) is 1. The molecule has 0 aromatic carbocycles. The fourth-order valence-electron chi connectivity index (χ4n) is 2.15. The highest BCUT2D eigenvalue weighted by atomic mass is 16.2. The number of amides is 1. The maximum absolute atomic E-state index is 11.6. The summed E-state index contributed by atoms with van der Waals surface area (Å²) in [6, 6.07) is 0.890. The van der Waals surface area contributed by atoms with Gasteiger partial charge >= 0.3 is 0 Å². The fraction of sp³-hybridized carbons (Fsp3) is 0.917. The first-order valence-electron chi connectivity index (χ1n) is 6.37. The van der Waals surface area contributed by atoms with Gasteiger partial charge < -0.3 is 10.6 Å². The Morgan fingerprint density at radius 1 is 1.38 bits per heavy atom. The van der Waals surface area contributed by atoms with Crippen molar-refractivity contribution in [2.45, 2.75) is 45.7 Å². The normalized spacial score (nSPS) is 19.0. The minimum atomic E-state index is 0.150. The zero-order valence-corrected chi connectivity index (χ0v) is 10.8. The van der Waals surface area contributed by atoms with Gasteiger partial charge in [-0.25, -0.2) is 0 Å². The predicted molar refractivity (Wildman–Crippen MR) is 66.4 cm³/mol. The van der Waals surface area contributed by atoms with Gasteiger partial charge in [0.1, 0.15) is 0 Å². The number of rotatable bonds is 5. The molecule has 4 nitrogen and oxygen atoms in total. The molecule has 94 valence electrons. The molecular weight excluding hydrogens is 202 g/mol. The molecule has 0 saturated carbocycles. The number of nitrogens with zero attached hydrogens (tertiary/aromatic N) is 1. The highest BCUT2D eigenvalue weighted by Crippen LogP contribution is 2.09. The van der Waals surface area contributed by atoms with E-state index in [0.717, 1.165) is 32.5 Å². The van der Waals surface area contributed by atoms with Gasteiger partial charge in [-0.15, -0.1) is 0 Å². The molecule has 1 saturated heterocycles. The van der Waals surface area contributed by atoms with Crippen LogP contribution in [0, 0.1) is 0 Å². The lowest BCUT2D eigenvalue weighted by Gasteiger charge is -2.31. The summed E-state index contributed by atoms with van der Waals surface area (Å²) in [5.41, 5.74) is 0. The Bertz CT molecular complexity index is 210. The smallest absolute Gasteiger partial charge is 0.234 e. The van der Waals surface area contributed by atoms with E-state index in [1.165, 1.54) is 0 Å². The number of hydrogen-bond acceptors (Lipinski definition) is 3. The minimum Gasteiger partial charge on any atom is -0.353 e. The Kier molecular flexibility index (Phi) is 5.77. The quantitative estimate of drug-likeness (QED) is 0.722. The predicted octanol–water partition coefficient (Wildman–Crippen LogP) is 0.585. The molecule has 1 fully saturated rings. The summed E-state index contributed by atoms with van der Waals surface area (Å²) in [5.74, 6) is 0.150. The molecule has 4 heteroatoms. The van der Waals surface area contributed by atoms with Crippen molar-refractivity contribution in [3.05, 3.63) is 0 Å². The summed E-state index contributed by atoms with van der Waals surface area (Å²) in [6.45, 7) is 9.79.